The van der Waals surface area contributed by atoms with Gasteiger partial charge in [0.05, 0.1) is 19.7 Å². The maximum absolute atomic E-state index is 11.6. The number of amides is 4. The number of aliphatic hydroxyl groups is 1. The molecule has 0 aromatic heterocycles. The first-order chi connectivity index (χ1) is 67.0. The number of Topliss-reactive ketones (excluding diaryl/α,β-unsaturated/α-hetero) is 4. The van der Waals surface area contributed by atoms with Crippen molar-refractivity contribution >= 4 is 46.8 Å². The molecule has 0 aliphatic carbocycles. The number of aliphatic hydroxyl groups excluding tert-OH is 1. The molecular formula is C110H230N22O9. The lowest BCUT2D eigenvalue weighted by molar-refractivity contribution is -0.135. The van der Waals surface area contributed by atoms with Gasteiger partial charge in [0.15, 0.2) is 0 Å². The lowest BCUT2D eigenvalue weighted by Gasteiger charge is -2.30. The minimum atomic E-state index is 0.102. The van der Waals surface area contributed by atoms with Crippen LogP contribution in [0.3, 0.4) is 0 Å². The summed E-state index contributed by atoms with van der Waals surface area (Å²) in [6, 6.07) is 0. The largest absolute Gasteiger partial charge is 0.395 e. The van der Waals surface area contributed by atoms with E-state index in [2.05, 4.69) is 178 Å². The van der Waals surface area contributed by atoms with Crippen molar-refractivity contribution in [3.8, 4) is 0 Å². The molecule has 141 heavy (non-hydrogen) atoms. The van der Waals surface area contributed by atoms with E-state index >= 15 is 0 Å². The molecule has 0 bridgehead atoms. The number of hydrogen-bond donors (Lipinski definition) is 10. The summed E-state index contributed by atoms with van der Waals surface area (Å²) in [5.41, 5.74) is 10.2. The van der Waals surface area contributed by atoms with E-state index in [0.717, 1.165) is 226 Å². The molecule has 4 amide bonds. The lowest BCUT2D eigenvalue weighted by Crippen LogP contribution is -2.47. The van der Waals surface area contributed by atoms with Gasteiger partial charge in [0.1, 0.15) is 23.1 Å². The smallest absolute Gasteiger partial charge is 0.225 e. The van der Waals surface area contributed by atoms with Crippen LogP contribution in [0.5, 0.6) is 0 Å². The predicted molar refractivity (Wildman–Crippen MR) is 594 cm³/mol. The highest BCUT2D eigenvalue weighted by Gasteiger charge is 2.25. The van der Waals surface area contributed by atoms with Crippen LogP contribution < -0.4 is 48.7 Å². The molecule has 0 spiro atoms. The Balaban J connectivity index is 0. The normalized spacial score (nSPS) is 19.2. The van der Waals surface area contributed by atoms with Crippen molar-refractivity contribution in [2.75, 3.05) is 341 Å². The van der Waals surface area contributed by atoms with Crippen LogP contribution in [0.2, 0.25) is 0 Å². The highest BCUT2D eigenvalue weighted by Crippen LogP contribution is 2.14. The fraction of sp³-hybridized carbons (Fsp3) is 0.927. The van der Waals surface area contributed by atoms with E-state index in [-0.39, 0.29) is 65.4 Å². The van der Waals surface area contributed by atoms with Gasteiger partial charge in [-0.05, 0) is 218 Å². The molecule has 0 radical (unpaired) electrons. The van der Waals surface area contributed by atoms with Crippen LogP contribution in [0.1, 0.15) is 257 Å². The van der Waals surface area contributed by atoms with Crippen LogP contribution >= 0.6 is 0 Å². The monoisotopic (exact) mass is 2000 g/mol. The zero-order valence-corrected chi connectivity index (χ0v) is 96.4. The van der Waals surface area contributed by atoms with Gasteiger partial charge in [-0.2, -0.15) is 0 Å². The van der Waals surface area contributed by atoms with Crippen LogP contribution in [0.4, 0.5) is 0 Å². The van der Waals surface area contributed by atoms with Crippen molar-refractivity contribution in [3.63, 3.8) is 0 Å². The Morgan fingerprint density at radius 2 is 0.553 bits per heavy atom. The minimum absolute atomic E-state index is 0.102. The topological polar surface area (TPSA) is 335 Å². The Kier molecular flexibility index (Phi) is 88.4. The molecule has 10 aliphatic heterocycles. The summed E-state index contributed by atoms with van der Waals surface area (Å²) in [6.45, 7) is 105. The second-order valence-corrected chi connectivity index (χ2v) is 44.5. The maximum atomic E-state index is 11.6. The molecule has 0 saturated carbocycles. The van der Waals surface area contributed by atoms with Gasteiger partial charge in [-0.1, -0.05) is 173 Å². The number of carbonyl (C=O) groups excluding carboxylic acids is 8. The first-order valence-corrected chi connectivity index (χ1v) is 56.7. The van der Waals surface area contributed by atoms with Gasteiger partial charge in [0.2, 0.25) is 23.6 Å². The number of ketones is 4. The third kappa shape index (κ3) is 80.5. The van der Waals surface area contributed by atoms with Crippen LogP contribution in [-0.4, -0.2) is 456 Å². The standard InChI is InChI=1S/C12H26N2O.C12H26N2.C11H24N2.2C10H20N2O.C10H22N2.2C9H18N2O.2C8H16N2O.C6H13NO.C5H11NO/c1-12(2)11-14-7-3-5-13(9-10-15)6-4-8-14;1-4-13-7-5-9-14(10-6-8-13)11-12(2)3;1-11(2)10-13-8-4-6-12(3)7-5-9-13;1-9(2)10(13)3-6-12-7-4-11-5-8-12;1-9(2)3-4-10(13)12-7-5-11-6-8-12;1-10(2)9-12-7-3-5-11-6-4-8-12;1-8(2)9(12)7-11-5-3-10-4-6-11;1-8(2)7-9(12)11-5-3-10-4-6-11;2*1-7(2)8(11)10-5-3-9-4-6-10;1-5(2)6(8)3-4-7;1-4(2)5(7)3-6/h12,15H,3-11H2,1-2H3;12H,4-11H2,1-3H3;11H,4-10H2,1-3H3;2*9,11H,3-8H2,1-2H3;10-11H,3-9H2,1-2H3;2*8,10H,3-7H2,1-2H3;2*7,9H,3-6H2,1-2H3;5H,3-4,7H2,1-2H3;4H,3,6H2,1-2H3. The average molecular weight is 2010 g/mol. The molecule has 31 nitrogen and oxygen atoms in total. The summed E-state index contributed by atoms with van der Waals surface area (Å²) < 4.78 is 0. The highest BCUT2D eigenvalue weighted by molar-refractivity contribution is 5.83. The van der Waals surface area contributed by atoms with E-state index in [4.69, 9.17) is 16.6 Å². The van der Waals surface area contributed by atoms with E-state index in [1.54, 1.807) is 0 Å². The fourth-order valence-corrected chi connectivity index (χ4v) is 17.2. The molecule has 10 fully saturated rings. The van der Waals surface area contributed by atoms with Gasteiger partial charge in [-0.25, -0.2) is 0 Å². The first kappa shape index (κ1) is 139. The van der Waals surface area contributed by atoms with Crippen LogP contribution in [-0.2, 0) is 38.4 Å². The predicted octanol–water partition coefficient (Wildman–Crippen LogP) is 8.91. The molecule has 834 valence electrons. The fourth-order valence-electron chi connectivity index (χ4n) is 17.2. The minimum Gasteiger partial charge on any atom is -0.395 e. The van der Waals surface area contributed by atoms with Gasteiger partial charge in [-0.15, -0.1) is 0 Å². The van der Waals surface area contributed by atoms with E-state index in [0.29, 0.717) is 67.8 Å². The number of hydrogen-bond acceptors (Lipinski definition) is 27. The summed E-state index contributed by atoms with van der Waals surface area (Å²) in [5, 5.41) is 31.8. The summed E-state index contributed by atoms with van der Waals surface area (Å²) in [5.74, 6) is 7.60. The molecule has 10 aliphatic rings. The molecule has 0 aromatic rings. The Labute approximate surface area is 866 Å². The van der Waals surface area contributed by atoms with Gasteiger partial charge >= 0.3 is 0 Å². The summed E-state index contributed by atoms with van der Waals surface area (Å²) in [4.78, 5) is 120. The highest BCUT2D eigenvalue weighted by atomic mass is 16.3. The molecule has 31 heteroatoms. The number of nitrogens with zero attached hydrogens (tertiary/aromatic N) is 13. The Morgan fingerprint density at radius 1 is 0.270 bits per heavy atom. The summed E-state index contributed by atoms with van der Waals surface area (Å²) in [7, 11) is 2.23. The van der Waals surface area contributed by atoms with Crippen LogP contribution in [0.25, 0.3) is 0 Å². The maximum Gasteiger partial charge on any atom is 0.225 e. The second-order valence-electron chi connectivity index (χ2n) is 44.5. The molecule has 0 aromatic carbocycles. The average Bonchev–Trinajstić information content (AvgIpc) is 0.914. The molecule has 0 unspecified atom stereocenters. The number of rotatable bonds is 30. The van der Waals surface area contributed by atoms with Gasteiger partial charge in [0, 0.05) is 258 Å². The SMILES string of the molecule is CC(C)C(=O)CCN.CC(C)C(=O)CCN1CCNCC1.CC(C)C(=O)CN.CC(C)C(=O)CN1CCNCC1.CC(C)C(=O)N1CCNCC1.CC(C)C(=O)N1CCNCC1.CC(C)CC(=O)N1CCNCC1.CC(C)CCC(=O)N1CCNCC1.CC(C)CN1CCCN(C)CCC1.CC(C)CN1CCCN(CCO)CCC1.CC(C)CN1CCCNCCC1.CCN1CCCN(CC(C)C)CCC1. The third-order valence-electron chi connectivity index (χ3n) is 25.8. The molecule has 10 heterocycles. The summed E-state index contributed by atoms with van der Waals surface area (Å²) in [6.07, 6.45) is 14.2. The van der Waals surface area contributed by atoms with Crippen LogP contribution in [0, 0.1) is 71.0 Å². The van der Waals surface area contributed by atoms with Crippen LogP contribution in [0.15, 0.2) is 0 Å². The number of β-amino-alcohol motifs (C(OH)–C–C–N with tert-alkyl or cyclic N) is 1. The lowest BCUT2D eigenvalue weighted by atomic mass is 10.1. The Bertz CT molecular complexity index is 2920. The van der Waals surface area contributed by atoms with E-state index < -0.39 is 0 Å². The molecular weight excluding hydrogens is 1770 g/mol. The van der Waals surface area contributed by atoms with E-state index in [1.165, 1.54) is 176 Å². The molecule has 10 rings (SSSR count). The van der Waals surface area contributed by atoms with Gasteiger partial charge in [0.25, 0.3) is 0 Å². The van der Waals surface area contributed by atoms with Gasteiger partial charge in [-0.3, -0.25) is 43.3 Å². The Morgan fingerprint density at radius 3 is 0.837 bits per heavy atom. The van der Waals surface area contributed by atoms with Crippen molar-refractivity contribution in [3.05, 3.63) is 0 Å². The second kappa shape index (κ2) is 89.8. The van der Waals surface area contributed by atoms with E-state index in [1.807, 2.05) is 103 Å². The van der Waals surface area contributed by atoms with Gasteiger partial charge < -0.3 is 113 Å². The van der Waals surface area contributed by atoms with Crippen molar-refractivity contribution < 1.29 is 43.5 Å². The van der Waals surface area contributed by atoms with Crippen molar-refractivity contribution in [1.82, 2.24) is 101 Å². The first-order valence-electron chi connectivity index (χ1n) is 56.7. The number of nitrogens with one attached hydrogen (secondary N) is 7. The summed E-state index contributed by atoms with van der Waals surface area (Å²) >= 11 is 0. The van der Waals surface area contributed by atoms with Crippen molar-refractivity contribution in [1.29, 1.82) is 0 Å². The molecule has 12 N–H and O–H groups in total. The number of nitrogens with two attached hydrogens (primary N) is 2. The Hall–Kier alpha value is -4.20. The van der Waals surface area contributed by atoms with Crippen molar-refractivity contribution in [2.45, 2.75) is 257 Å². The number of carbonyl (C=O) groups is 8. The van der Waals surface area contributed by atoms with Crippen molar-refractivity contribution in [2.24, 2.45) is 82.5 Å². The zero-order valence-electron chi connectivity index (χ0n) is 96.4. The third-order valence-corrected chi connectivity index (χ3v) is 25.8. The quantitative estimate of drug-likeness (QED) is 0.0321. The van der Waals surface area contributed by atoms with E-state index in [9.17, 15) is 38.4 Å². The number of piperazine rings is 6. The zero-order chi connectivity index (χ0) is 106. The molecule has 0 atom stereocenters. The molecule has 10 saturated heterocycles.